The van der Waals surface area contributed by atoms with Crippen LogP contribution in [0.1, 0.15) is 25.3 Å². The van der Waals surface area contributed by atoms with Gasteiger partial charge < -0.3 is 16.0 Å². The van der Waals surface area contributed by atoms with Gasteiger partial charge in [-0.15, -0.1) is 0 Å². The number of nitrogen functional groups attached to an aromatic ring is 1. The Balaban J connectivity index is 1.80. The molecule has 1 atom stereocenters. The van der Waals surface area contributed by atoms with Crippen molar-refractivity contribution in [2.45, 2.75) is 31.9 Å². The molecule has 0 spiro atoms. The fraction of sp³-hybridized carbons (Fsp3) is 0.562. The summed E-state index contributed by atoms with van der Waals surface area (Å²) in [5.41, 5.74) is 8.30. The van der Waals surface area contributed by atoms with Gasteiger partial charge in [0, 0.05) is 48.4 Å². The van der Waals surface area contributed by atoms with Crippen LogP contribution in [0.2, 0.25) is 0 Å². The summed E-state index contributed by atoms with van der Waals surface area (Å²) in [5.74, 6) is 1.24. The van der Waals surface area contributed by atoms with Crippen LogP contribution in [0.15, 0.2) is 18.2 Å². The van der Waals surface area contributed by atoms with Crippen LogP contribution in [-0.4, -0.2) is 41.4 Å². The number of carbonyl (C=O) groups is 1. The normalized spacial score (nSPS) is 19.4. The number of nitrogens with two attached hydrogens (primary N) is 1. The zero-order chi connectivity index (χ0) is 15.2. The van der Waals surface area contributed by atoms with Gasteiger partial charge in [0.2, 0.25) is 5.91 Å². The topological polar surface area (TPSA) is 58.4 Å². The molecular formula is C16H25N3OS. The van der Waals surface area contributed by atoms with Crippen molar-refractivity contribution in [2.75, 3.05) is 36.4 Å². The molecule has 1 aromatic rings. The molecule has 0 bridgehead atoms. The fourth-order valence-corrected chi connectivity index (χ4v) is 3.73. The van der Waals surface area contributed by atoms with E-state index in [2.05, 4.69) is 28.9 Å². The lowest BCUT2D eigenvalue weighted by Gasteiger charge is -2.31. The number of hydrogen-bond acceptors (Lipinski definition) is 4. The first kappa shape index (κ1) is 16.2. The van der Waals surface area contributed by atoms with E-state index in [0.717, 1.165) is 36.1 Å². The molecule has 4 nitrogen and oxygen atoms in total. The molecule has 1 fully saturated rings. The van der Waals surface area contributed by atoms with Crippen LogP contribution in [0.25, 0.3) is 0 Å². The highest BCUT2D eigenvalue weighted by Gasteiger charge is 2.19. The summed E-state index contributed by atoms with van der Waals surface area (Å²) in [7, 11) is 0. The minimum absolute atomic E-state index is 0.0648. The van der Waals surface area contributed by atoms with Crippen molar-refractivity contribution in [3.8, 4) is 0 Å². The monoisotopic (exact) mass is 307 g/mol. The molecular weight excluding hydrogens is 282 g/mol. The van der Waals surface area contributed by atoms with Gasteiger partial charge in [-0.2, -0.15) is 11.8 Å². The van der Waals surface area contributed by atoms with Gasteiger partial charge in [0.15, 0.2) is 0 Å². The Morgan fingerprint density at radius 3 is 3.10 bits per heavy atom. The second kappa shape index (κ2) is 7.71. The number of rotatable bonds is 5. The highest BCUT2D eigenvalue weighted by Crippen LogP contribution is 2.21. The SMILES string of the molecule is CCC1CN(CCC(=O)Nc2cc(N)ccc2C)CCS1. The van der Waals surface area contributed by atoms with Crippen LogP contribution >= 0.6 is 11.8 Å². The molecule has 21 heavy (non-hydrogen) atoms. The first-order valence-corrected chi connectivity index (χ1v) is 8.63. The lowest BCUT2D eigenvalue weighted by molar-refractivity contribution is -0.116. The average Bonchev–Trinajstić information content (AvgIpc) is 2.49. The predicted molar refractivity (Wildman–Crippen MR) is 91.8 cm³/mol. The van der Waals surface area contributed by atoms with Crippen molar-refractivity contribution in [3.05, 3.63) is 23.8 Å². The number of hydrogen-bond donors (Lipinski definition) is 2. The van der Waals surface area contributed by atoms with Gasteiger partial charge in [-0.25, -0.2) is 0 Å². The Morgan fingerprint density at radius 1 is 1.52 bits per heavy atom. The first-order chi connectivity index (χ1) is 10.1. The molecule has 0 radical (unpaired) electrons. The van der Waals surface area contributed by atoms with E-state index in [-0.39, 0.29) is 5.91 Å². The van der Waals surface area contributed by atoms with Crippen molar-refractivity contribution in [1.29, 1.82) is 0 Å². The highest BCUT2D eigenvalue weighted by molar-refractivity contribution is 8.00. The lowest BCUT2D eigenvalue weighted by Crippen LogP contribution is -2.39. The second-order valence-corrected chi connectivity index (χ2v) is 6.98. The predicted octanol–water partition coefficient (Wildman–Crippen LogP) is 2.73. The standard InChI is InChI=1S/C16H25N3OS/c1-3-14-11-19(8-9-21-14)7-6-16(20)18-15-10-13(17)5-4-12(15)2/h4-5,10,14H,3,6-9,11,17H2,1-2H3,(H,18,20). The van der Waals surface area contributed by atoms with Gasteiger partial charge in [-0.1, -0.05) is 13.0 Å². The molecule has 5 heteroatoms. The van der Waals surface area contributed by atoms with Gasteiger partial charge in [0.25, 0.3) is 0 Å². The highest BCUT2D eigenvalue weighted by atomic mass is 32.2. The number of nitrogens with zero attached hydrogens (tertiary/aromatic N) is 1. The summed E-state index contributed by atoms with van der Waals surface area (Å²) in [6.07, 6.45) is 1.74. The van der Waals surface area contributed by atoms with Crippen molar-refractivity contribution < 1.29 is 4.79 Å². The summed E-state index contributed by atoms with van der Waals surface area (Å²) in [6, 6.07) is 5.60. The first-order valence-electron chi connectivity index (χ1n) is 7.58. The van der Waals surface area contributed by atoms with Crippen LogP contribution in [0.5, 0.6) is 0 Å². The van der Waals surface area contributed by atoms with Crippen LogP contribution in [-0.2, 0) is 4.79 Å². The molecule has 1 aliphatic heterocycles. The van der Waals surface area contributed by atoms with Gasteiger partial charge in [0.1, 0.15) is 0 Å². The maximum Gasteiger partial charge on any atom is 0.225 e. The van der Waals surface area contributed by atoms with E-state index < -0.39 is 0 Å². The average molecular weight is 307 g/mol. The summed E-state index contributed by atoms with van der Waals surface area (Å²) in [4.78, 5) is 14.5. The van der Waals surface area contributed by atoms with Crippen LogP contribution in [0.3, 0.4) is 0 Å². The largest absolute Gasteiger partial charge is 0.399 e. The van der Waals surface area contributed by atoms with Crippen molar-refractivity contribution in [1.82, 2.24) is 4.90 Å². The van der Waals surface area contributed by atoms with Gasteiger partial charge in [-0.3, -0.25) is 4.79 Å². The minimum atomic E-state index is 0.0648. The van der Waals surface area contributed by atoms with Gasteiger partial charge in [-0.05, 0) is 31.0 Å². The third-order valence-electron chi connectivity index (χ3n) is 3.87. The molecule has 2 rings (SSSR count). The van der Waals surface area contributed by atoms with E-state index in [1.54, 1.807) is 0 Å². The van der Waals surface area contributed by atoms with E-state index in [9.17, 15) is 4.79 Å². The summed E-state index contributed by atoms with van der Waals surface area (Å²) in [5, 5.41) is 3.69. The molecule has 0 aromatic heterocycles. The summed E-state index contributed by atoms with van der Waals surface area (Å²) in [6.45, 7) is 7.24. The minimum Gasteiger partial charge on any atom is -0.399 e. The molecule has 1 aromatic carbocycles. The number of amides is 1. The number of carbonyl (C=O) groups excluding carboxylic acids is 1. The Hall–Kier alpha value is -1.20. The lowest BCUT2D eigenvalue weighted by atomic mass is 10.2. The van der Waals surface area contributed by atoms with Crippen LogP contribution in [0.4, 0.5) is 11.4 Å². The van der Waals surface area contributed by atoms with Crippen LogP contribution in [0, 0.1) is 6.92 Å². The maximum absolute atomic E-state index is 12.1. The summed E-state index contributed by atoms with van der Waals surface area (Å²) >= 11 is 2.05. The fourth-order valence-electron chi connectivity index (χ4n) is 2.48. The Morgan fingerprint density at radius 2 is 2.33 bits per heavy atom. The smallest absolute Gasteiger partial charge is 0.225 e. The number of aryl methyl sites for hydroxylation is 1. The number of anilines is 2. The molecule has 1 unspecified atom stereocenters. The quantitative estimate of drug-likeness (QED) is 0.821. The van der Waals surface area contributed by atoms with Crippen LogP contribution < -0.4 is 11.1 Å². The van der Waals surface area contributed by atoms with E-state index in [4.69, 9.17) is 5.73 Å². The van der Waals surface area contributed by atoms with Crippen molar-refractivity contribution in [3.63, 3.8) is 0 Å². The molecule has 1 saturated heterocycles. The van der Waals surface area contributed by atoms with E-state index >= 15 is 0 Å². The van der Waals surface area contributed by atoms with Crippen molar-refractivity contribution in [2.24, 2.45) is 0 Å². The number of nitrogens with one attached hydrogen (secondary N) is 1. The molecule has 0 saturated carbocycles. The van der Waals surface area contributed by atoms with Gasteiger partial charge in [0.05, 0.1) is 0 Å². The Kier molecular flexibility index (Phi) is 5.94. The number of benzene rings is 1. The molecule has 1 amide bonds. The summed E-state index contributed by atoms with van der Waals surface area (Å²) < 4.78 is 0. The van der Waals surface area contributed by atoms with Crippen molar-refractivity contribution >= 4 is 29.0 Å². The van der Waals surface area contributed by atoms with E-state index in [1.807, 2.05) is 25.1 Å². The molecule has 116 valence electrons. The van der Waals surface area contributed by atoms with E-state index in [0.29, 0.717) is 12.1 Å². The number of thioether (sulfide) groups is 1. The zero-order valence-corrected chi connectivity index (χ0v) is 13.7. The Labute approximate surface area is 131 Å². The zero-order valence-electron chi connectivity index (χ0n) is 12.9. The third-order valence-corrected chi connectivity index (χ3v) is 5.24. The Bertz CT molecular complexity index is 492. The van der Waals surface area contributed by atoms with E-state index in [1.165, 1.54) is 12.2 Å². The molecule has 1 heterocycles. The third kappa shape index (κ3) is 4.93. The molecule has 3 N–H and O–H groups in total. The maximum atomic E-state index is 12.1. The molecule has 0 aliphatic carbocycles. The van der Waals surface area contributed by atoms with Gasteiger partial charge >= 0.3 is 0 Å². The molecule has 1 aliphatic rings. The second-order valence-electron chi connectivity index (χ2n) is 5.57.